The minimum absolute atomic E-state index is 0.295. The zero-order chi connectivity index (χ0) is 29.0. The van der Waals surface area contributed by atoms with Crippen LogP contribution < -0.4 is 9.64 Å². The molecular weight excluding hydrogens is 596 g/mol. The summed E-state index contributed by atoms with van der Waals surface area (Å²) in [5.74, 6) is 0.865. The van der Waals surface area contributed by atoms with Crippen LogP contribution in [0.1, 0.15) is 66.7 Å². The molecule has 5 heterocycles. The summed E-state index contributed by atoms with van der Waals surface area (Å²) in [6.45, 7) is 4.06. The smallest absolute Gasteiger partial charge is 0.294 e. The number of fused-ring (bicyclic) bond motifs is 3. The van der Waals surface area contributed by atoms with E-state index in [9.17, 15) is 21.4 Å². The molecule has 2 atom stereocenters. The molecule has 0 bridgehead atoms. The molecule has 2 aromatic carbocycles. The molecule has 0 saturated heterocycles. The number of halogens is 1. The highest BCUT2D eigenvalue weighted by atomic mass is 35.7. The van der Waals surface area contributed by atoms with Gasteiger partial charge in [0.25, 0.3) is 19.2 Å². The number of rotatable bonds is 3. The summed E-state index contributed by atoms with van der Waals surface area (Å²) >= 11 is 0. The van der Waals surface area contributed by atoms with Crippen molar-refractivity contribution in [3.8, 4) is 5.75 Å². The van der Waals surface area contributed by atoms with Gasteiger partial charge in [-0.1, -0.05) is 12.1 Å². The van der Waals surface area contributed by atoms with Crippen molar-refractivity contribution in [1.29, 1.82) is 0 Å². The van der Waals surface area contributed by atoms with E-state index >= 15 is 0 Å². The Morgan fingerprint density at radius 3 is 2.45 bits per heavy atom. The maximum atomic E-state index is 12.9. The average Bonchev–Trinajstić information content (AvgIpc) is 2.96. The summed E-state index contributed by atoms with van der Waals surface area (Å²) in [4.78, 5) is 1.66. The first-order valence-corrected chi connectivity index (χ1v) is 18.6. The minimum atomic E-state index is -4.80. The lowest BCUT2D eigenvalue weighted by Gasteiger charge is -2.44. The highest BCUT2D eigenvalue weighted by molar-refractivity contribution is 8.13. The highest BCUT2D eigenvalue weighted by Gasteiger charge is 2.47. The number of nitrogens with zero attached hydrogens (tertiary/aromatic N) is 2. The molecule has 5 aliphatic heterocycles. The SMILES string of the molecule is O=S(=O)(O)c1cc(S(=O)(=O)Cl)ccc1C1c2cc3c4c(c2OC2=C5CCC[N+]6=C5C(=CC21)CCC6)CCCN4CCC3. The lowest BCUT2D eigenvalue weighted by molar-refractivity contribution is -0.533. The van der Waals surface area contributed by atoms with Crippen LogP contribution in [0.15, 0.2) is 57.0 Å². The van der Waals surface area contributed by atoms with Crippen molar-refractivity contribution in [1.82, 2.24) is 0 Å². The van der Waals surface area contributed by atoms with Crippen LogP contribution in [0.2, 0.25) is 0 Å². The Hall–Kier alpha value is -2.66. The number of allylic oxidation sites excluding steroid dienone is 3. The summed E-state index contributed by atoms with van der Waals surface area (Å²) in [5.41, 5.74) is 8.67. The van der Waals surface area contributed by atoms with E-state index in [4.69, 9.17) is 15.4 Å². The number of hydrogen-bond donors (Lipinski definition) is 1. The van der Waals surface area contributed by atoms with Crippen LogP contribution in [0, 0.1) is 5.92 Å². The van der Waals surface area contributed by atoms with Crippen molar-refractivity contribution in [3.63, 3.8) is 0 Å². The Balaban J connectivity index is 1.45. The van der Waals surface area contributed by atoms with Gasteiger partial charge in [-0.3, -0.25) is 4.55 Å². The van der Waals surface area contributed by atoms with Crippen molar-refractivity contribution in [3.05, 3.63) is 69.5 Å². The van der Waals surface area contributed by atoms with Gasteiger partial charge >= 0.3 is 0 Å². The molecule has 8 nitrogen and oxygen atoms in total. The molecule has 8 rings (SSSR count). The van der Waals surface area contributed by atoms with E-state index in [1.807, 2.05) is 0 Å². The molecule has 2 aromatic rings. The van der Waals surface area contributed by atoms with Crippen LogP contribution in [0.5, 0.6) is 5.75 Å². The molecule has 0 fully saturated rings. The Morgan fingerprint density at radius 2 is 1.69 bits per heavy atom. The van der Waals surface area contributed by atoms with Gasteiger partial charge in [-0.2, -0.15) is 8.42 Å². The van der Waals surface area contributed by atoms with E-state index < -0.39 is 30.0 Å². The maximum Gasteiger partial charge on any atom is 0.294 e. The molecule has 0 radical (unpaired) electrons. The number of aryl methyl sites for hydroxylation is 1. The number of benzene rings is 2. The fraction of sp³-hybridized carbons (Fsp3) is 0.452. The Bertz CT molecular complexity index is 1890. The van der Waals surface area contributed by atoms with Crippen molar-refractivity contribution in [2.45, 2.75) is 67.1 Å². The first-order chi connectivity index (χ1) is 20.1. The molecule has 42 heavy (non-hydrogen) atoms. The van der Waals surface area contributed by atoms with Crippen molar-refractivity contribution >= 4 is 41.3 Å². The van der Waals surface area contributed by atoms with Crippen LogP contribution in [-0.4, -0.2) is 57.9 Å². The molecule has 0 spiro atoms. The molecular formula is C31H32ClN2O6S2+. The van der Waals surface area contributed by atoms with E-state index in [2.05, 4.69) is 21.6 Å². The second-order valence-electron chi connectivity index (χ2n) is 12.3. The van der Waals surface area contributed by atoms with Crippen LogP contribution in [-0.2, 0) is 32.0 Å². The predicted octanol–water partition coefficient (Wildman–Crippen LogP) is 4.94. The molecule has 0 amide bonds. The number of ether oxygens (including phenoxy) is 1. The zero-order valence-electron chi connectivity index (χ0n) is 23.1. The summed E-state index contributed by atoms with van der Waals surface area (Å²) in [6.07, 6.45) is 10.0. The molecule has 6 aliphatic rings. The fourth-order valence-electron chi connectivity index (χ4n) is 8.36. The van der Waals surface area contributed by atoms with E-state index in [0.29, 0.717) is 5.56 Å². The van der Waals surface area contributed by atoms with Gasteiger partial charge in [0, 0.05) is 70.8 Å². The van der Waals surface area contributed by atoms with Gasteiger partial charge in [-0.05, 0) is 67.9 Å². The van der Waals surface area contributed by atoms with E-state index in [1.165, 1.54) is 45.8 Å². The first-order valence-electron chi connectivity index (χ1n) is 14.8. The molecule has 0 aromatic heterocycles. The summed E-state index contributed by atoms with van der Waals surface area (Å²) in [7, 11) is -3.40. The Morgan fingerprint density at radius 1 is 0.929 bits per heavy atom. The quantitative estimate of drug-likeness (QED) is 0.292. The monoisotopic (exact) mass is 627 g/mol. The number of anilines is 1. The minimum Gasteiger partial charge on any atom is -0.460 e. The topological polar surface area (TPSA) is 104 Å². The third kappa shape index (κ3) is 4.05. The van der Waals surface area contributed by atoms with E-state index in [0.717, 1.165) is 101 Å². The van der Waals surface area contributed by atoms with Gasteiger partial charge in [0.05, 0.1) is 15.4 Å². The predicted molar refractivity (Wildman–Crippen MR) is 159 cm³/mol. The van der Waals surface area contributed by atoms with Gasteiger partial charge < -0.3 is 9.64 Å². The van der Waals surface area contributed by atoms with Crippen LogP contribution >= 0.6 is 10.7 Å². The van der Waals surface area contributed by atoms with Crippen molar-refractivity contribution < 1.29 is 30.7 Å². The van der Waals surface area contributed by atoms with Gasteiger partial charge in [0.15, 0.2) is 0 Å². The fourth-order valence-corrected chi connectivity index (χ4v) is 9.98. The summed E-state index contributed by atoms with van der Waals surface area (Å²) in [5, 5.41) is 0. The zero-order valence-corrected chi connectivity index (χ0v) is 25.5. The van der Waals surface area contributed by atoms with Crippen molar-refractivity contribution in [2.24, 2.45) is 5.92 Å². The largest absolute Gasteiger partial charge is 0.460 e. The van der Waals surface area contributed by atoms with Gasteiger partial charge in [-0.15, -0.1) is 0 Å². The van der Waals surface area contributed by atoms with E-state index in [-0.39, 0.29) is 10.8 Å². The molecule has 1 aliphatic carbocycles. The second-order valence-corrected chi connectivity index (χ2v) is 16.2. The Labute approximate surface area is 250 Å². The third-order valence-corrected chi connectivity index (χ3v) is 12.2. The Kier molecular flexibility index (Phi) is 6.04. The lowest BCUT2D eigenvalue weighted by Crippen LogP contribution is -2.41. The van der Waals surface area contributed by atoms with Crippen LogP contribution in [0.4, 0.5) is 5.69 Å². The lowest BCUT2D eigenvalue weighted by atomic mass is 9.69. The second kappa shape index (κ2) is 9.42. The summed E-state index contributed by atoms with van der Waals surface area (Å²) < 4.78 is 70.2. The van der Waals surface area contributed by atoms with E-state index in [1.54, 1.807) is 0 Å². The van der Waals surface area contributed by atoms with Gasteiger partial charge in [-0.25, -0.2) is 13.0 Å². The number of hydrogen-bond acceptors (Lipinski definition) is 6. The molecule has 1 N–H and O–H groups in total. The molecule has 2 unspecified atom stereocenters. The molecule has 11 heteroatoms. The normalized spacial score (nSPS) is 24.7. The highest BCUT2D eigenvalue weighted by Crippen LogP contribution is 2.56. The molecule has 220 valence electrons. The maximum absolute atomic E-state index is 12.9. The third-order valence-electron chi connectivity index (χ3n) is 9.90. The van der Waals surface area contributed by atoms with Crippen LogP contribution in [0.25, 0.3) is 0 Å². The van der Waals surface area contributed by atoms with Gasteiger partial charge in [0.2, 0.25) is 5.71 Å². The van der Waals surface area contributed by atoms with Crippen molar-refractivity contribution in [2.75, 3.05) is 31.1 Å². The molecule has 0 saturated carbocycles. The van der Waals surface area contributed by atoms with Gasteiger partial charge in [0.1, 0.15) is 24.6 Å². The standard InChI is InChI=1S/C31H31ClN2O6S2/c32-41(35,36)20-9-10-21(26(17-20)42(37,38)39)27-24-15-18-5-1-11-33-13-3-7-22(28(18)33)30(24)40-31-23-8-4-14-34-12-2-6-19(29(23)34)16-25(27)31/h9-10,15-17,24,27H,1-8,11-14H2/p+1. The summed E-state index contributed by atoms with van der Waals surface area (Å²) in [6, 6.07) is 6.04. The average molecular weight is 628 g/mol. The first kappa shape index (κ1) is 26.9. The van der Waals surface area contributed by atoms with Crippen LogP contribution in [0.3, 0.4) is 0 Å².